The van der Waals surface area contributed by atoms with Gasteiger partial charge in [0.2, 0.25) is 0 Å². The molecule has 0 spiro atoms. The number of hydrogen-bond donors (Lipinski definition) is 0. The smallest absolute Gasteiger partial charge is 0.310 e. The van der Waals surface area contributed by atoms with Crippen LogP contribution in [0.4, 0.5) is 0 Å². The Bertz CT molecular complexity index is 2690. The Kier molecular flexibility index (Phi) is 19.8. The van der Waals surface area contributed by atoms with Gasteiger partial charge in [-0.05, 0) is 63.8 Å². The summed E-state index contributed by atoms with van der Waals surface area (Å²) in [6.45, 7) is 7.71. The molecular weight excluding hydrogens is 819 g/mol. The Balaban J connectivity index is 0.000000351. The van der Waals surface area contributed by atoms with Crippen LogP contribution < -0.4 is 28.3 Å². The maximum Gasteiger partial charge on any atom is 0.346 e. The molecule has 330 valence electrons. The van der Waals surface area contributed by atoms with E-state index in [2.05, 4.69) is 30.6 Å². The summed E-state index contributed by atoms with van der Waals surface area (Å²) in [7, 11) is 22.0. The van der Waals surface area contributed by atoms with Crippen molar-refractivity contribution < 1.29 is 0 Å². The van der Waals surface area contributed by atoms with E-state index < -0.39 is 5.69 Å². The summed E-state index contributed by atoms with van der Waals surface area (Å²) in [4.78, 5) is 54.2. The van der Waals surface area contributed by atoms with Crippen molar-refractivity contribution in [3.8, 4) is 0 Å². The van der Waals surface area contributed by atoms with Crippen molar-refractivity contribution in [3.63, 3.8) is 0 Å². The van der Waals surface area contributed by atoms with E-state index in [0.29, 0.717) is 0 Å². The molecule has 0 atom stereocenters. The molecule has 7 rings (SSSR count). The molecule has 0 unspecified atom stereocenters. The zero-order valence-electron chi connectivity index (χ0n) is 37.3. The summed E-state index contributed by atoms with van der Waals surface area (Å²) in [6, 6.07) is 1.97. The van der Waals surface area contributed by atoms with Gasteiger partial charge < -0.3 is 9.13 Å². The second kappa shape index (κ2) is 23.1. The fourth-order valence-electron chi connectivity index (χ4n) is 4.28. The predicted octanol–water partition coefficient (Wildman–Crippen LogP) is -0.930. The predicted molar refractivity (Wildman–Crippen MR) is 230 cm³/mol. The second-order valence-electron chi connectivity index (χ2n) is 13.1. The maximum absolute atomic E-state index is 10.9. The average Bonchev–Trinajstić information content (AvgIpc) is 4.00. The Morgan fingerprint density at radius 1 is 0.483 bits per heavy atom. The van der Waals surface area contributed by atoms with E-state index in [4.69, 9.17) is 24.4 Å². The Hall–Kier alpha value is -6.57. The summed E-state index contributed by atoms with van der Waals surface area (Å²) >= 11 is 9.87. The Morgan fingerprint density at radius 3 is 1.18 bits per heavy atom. The number of aromatic nitrogens is 19. The van der Waals surface area contributed by atoms with Gasteiger partial charge in [-0.3, -0.25) is 23.3 Å². The second-order valence-corrected chi connectivity index (χ2v) is 13.8. The summed E-state index contributed by atoms with van der Waals surface area (Å²) in [5.41, 5.74) is 0.813. The van der Waals surface area contributed by atoms with Gasteiger partial charge in [0.1, 0.15) is 24.2 Å². The fourth-order valence-corrected chi connectivity index (χ4v) is 4.54. The van der Waals surface area contributed by atoms with E-state index in [-0.39, 0.29) is 22.6 Å². The molecule has 0 N–H and O–H groups in total. The Labute approximate surface area is 355 Å². The van der Waals surface area contributed by atoms with Gasteiger partial charge >= 0.3 is 22.8 Å². The van der Waals surface area contributed by atoms with E-state index in [1.165, 1.54) is 45.3 Å². The van der Waals surface area contributed by atoms with Crippen LogP contribution in [0.3, 0.4) is 0 Å². The van der Waals surface area contributed by atoms with Crippen LogP contribution in [0.15, 0.2) is 61.2 Å². The van der Waals surface area contributed by atoms with Gasteiger partial charge in [-0.25, -0.2) is 51.8 Å². The van der Waals surface area contributed by atoms with E-state index in [1.54, 1.807) is 64.7 Å². The van der Waals surface area contributed by atoms with Gasteiger partial charge in [0, 0.05) is 104 Å². The van der Waals surface area contributed by atoms with Gasteiger partial charge in [0.05, 0.1) is 11.9 Å². The highest BCUT2D eigenvalue weighted by Gasteiger charge is 2.04. The minimum Gasteiger partial charge on any atom is -0.310 e. The first kappa shape index (κ1) is 51.4. The number of nitrogens with zero attached hydrogens (tertiary/aromatic N) is 19. The van der Waals surface area contributed by atoms with Crippen molar-refractivity contribution >= 4 is 24.4 Å². The summed E-state index contributed by atoms with van der Waals surface area (Å²) < 4.78 is 20.5. The van der Waals surface area contributed by atoms with Crippen molar-refractivity contribution in [2.75, 3.05) is 0 Å². The lowest BCUT2D eigenvalue weighted by Gasteiger charge is -1.96. The molecule has 7 aromatic heterocycles. The molecule has 26 heteroatoms. The molecular formula is C34H57N19O5S2. The molecule has 0 aliphatic rings. The molecule has 24 nitrogen and oxygen atoms in total. The summed E-state index contributed by atoms with van der Waals surface area (Å²) in [5, 5.41) is 23.3. The highest BCUT2D eigenvalue weighted by molar-refractivity contribution is 7.71. The van der Waals surface area contributed by atoms with Gasteiger partial charge in [-0.2, -0.15) is 30.6 Å². The molecule has 0 fully saturated rings. The van der Waals surface area contributed by atoms with E-state index in [1.807, 2.05) is 92.3 Å². The van der Waals surface area contributed by atoms with Crippen molar-refractivity contribution in [3.05, 3.63) is 122 Å². The van der Waals surface area contributed by atoms with Crippen LogP contribution in [0, 0.1) is 37.2 Å². The zero-order valence-corrected chi connectivity index (χ0v) is 39.0. The lowest BCUT2D eigenvalue weighted by molar-refractivity contribution is 0.565. The first-order chi connectivity index (χ1) is 27.7. The van der Waals surface area contributed by atoms with E-state index in [0.717, 1.165) is 46.9 Å². The lowest BCUT2D eigenvalue weighted by atomic mass is 10.4. The van der Waals surface area contributed by atoms with Crippen molar-refractivity contribution in [1.29, 1.82) is 0 Å². The molecule has 0 aromatic carbocycles. The zero-order chi connectivity index (χ0) is 46.3. The standard InChI is InChI=1S/C5H9N3O2.C5H7N3O2.C5H9N3O.C5H9N3S.2C5H8N2.C4H7N3S/c1-6-4(9)7(2)8(3)5(6)10;1-7-4(9)3-6-8(2)5(7)10;2*1-4-6-8(3)5(9)7(4)2;1-5-3-6-7(2)4-5;1-5-3-4-7(2)6-5;1-6-3-5-7(2)4(6)8/h1-3H3;3H,1-2H3;2*1-3H3;2*3-4H,1-2H3;3H,1-2H3. The van der Waals surface area contributed by atoms with Gasteiger partial charge in [-0.15, -0.1) is 0 Å². The highest BCUT2D eigenvalue weighted by atomic mass is 32.1. The van der Waals surface area contributed by atoms with Crippen molar-refractivity contribution in [1.82, 2.24) is 90.9 Å². The third-order valence-corrected chi connectivity index (χ3v) is 9.25. The van der Waals surface area contributed by atoms with Crippen LogP contribution in [-0.4, -0.2) is 90.9 Å². The average molecular weight is 876 g/mol. The van der Waals surface area contributed by atoms with Gasteiger partial charge in [0.25, 0.3) is 5.56 Å². The minimum absolute atomic E-state index is 0.0764. The Morgan fingerprint density at radius 2 is 1.00 bits per heavy atom. The SMILES string of the molecule is Cc1ccn(C)n1.Cc1cnn(C)c1.Cc1nn(C)c(=O)n1C.Cc1nn(C)c(=S)n1C.Cn1c(=O)n(C)n(C)c1=O.Cn1cnn(C)c1=S.Cn1ncc(=O)n(C)c1=O. The van der Waals surface area contributed by atoms with Crippen LogP contribution in [0.5, 0.6) is 0 Å². The van der Waals surface area contributed by atoms with Crippen molar-refractivity contribution in [2.45, 2.75) is 27.7 Å². The molecule has 0 aliphatic carbocycles. The summed E-state index contributed by atoms with van der Waals surface area (Å²) in [6.07, 6.45) is 8.51. The molecule has 7 heterocycles. The topological polar surface area (TPSA) is 227 Å². The lowest BCUT2D eigenvalue weighted by Crippen LogP contribution is -2.37. The molecule has 0 bridgehead atoms. The van der Waals surface area contributed by atoms with Crippen LogP contribution in [0.2, 0.25) is 0 Å². The molecule has 0 aliphatic heterocycles. The van der Waals surface area contributed by atoms with Gasteiger partial charge in [0.15, 0.2) is 9.54 Å². The third-order valence-electron chi connectivity index (χ3n) is 8.16. The van der Waals surface area contributed by atoms with Crippen LogP contribution in [-0.2, 0) is 91.6 Å². The molecule has 7 aromatic rings. The van der Waals surface area contributed by atoms with Crippen LogP contribution in [0.1, 0.15) is 22.9 Å². The van der Waals surface area contributed by atoms with Crippen molar-refractivity contribution in [2.24, 2.45) is 91.6 Å². The largest absolute Gasteiger partial charge is 0.346 e. The molecule has 0 radical (unpaired) electrons. The quantitative estimate of drug-likeness (QED) is 0.168. The number of hydrogen-bond acceptors (Lipinski definition) is 13. The first-order valence-electron chi connectivity index (χ1n) is 17.7. The number of aryl methyl sites for hydroxylation is 11. The molecule has 0 amide bonds. The first-order valence-corrected chi connectivity index (χ1v) is 18.5. The minimum atomic E-state index is -0.410. The molecule has 0 saturated carbocycles. The number of rotatable bonds is 0. The molecule has 60 heavy (non-hydrogen) atoms. The highest BCUT2D eigenvalue weighted by Crippen LogP contribution is 1.93. The van der Waals surface area contributed by atoms with E-state index >= 15 is 0 Å². The van der Waals surface area contributed by atoms with Gasteiger partial charge in [-0.1, -0.05) is 0 Å². The fraction of sp³-hybridized carbons (Fsp3) is 0.500. The maximum atomic E-state index is 10.9. The monoisotopic (exact) mass is 875 g/mol. The normalized spacial score (nSPS) is 9.88. The summed E-state index contributed by atoms with van der Waals surface area (Å²) in [5.74, 6) is 1.69. The van der Waals surface area contributed by atoms with Crippen LogP contribution in [0.25, 0.3) is 0 Å². The van der Waals surface area contributed by atoms with E-state index in [9.17, 15) is 24.0 Å². The molecule has 0 saturated heterocycles. The van der Waals surface area contributed by atoms with Crippen LogP contribution >= 0.6 is 24.4 Å². The third kappa shape index (κ3) is 15.0.